The van der Waals surface area contributed by atoms with Gasteiger partial charge in [0.1, 0.15) is 17.3 Å². The van der Waals surface area contributed by atoms with Gasteiger partial charge in [-0.3, -0.25) is 14.5 Å². The largest absolute Gasteiger partial charge is 0.507 e. The number of ether oxygens (including phenoxy) is 1. The SMILES string of the molecule is CCCOc1ccc(/C(O)=C2\C(=O)C(=O)N(c3ccccn3)C2c2ccc(C)cc2)cc1. The van der Waals surface area contributed by atoms with Crippen molar-refractivity contribution in [1.82, 2.24) is 4.98 Å². The Bertz CT molecular complexity index is 1150. The van der Waals surface area contributed by atoms with E-state index in [1.165, 1.54) is 4.90 Å². The Kier molecular flexibility index (Phi) is 6.03. The minimum Gasteiger partial charge on any atom is -0.507 e. The van der Waals surface area contributed by atoms with E-state index in [0.29, 0.717) is 29.3 Å². The zero-order chi connectivity index (χ0) is 22.7. The average molecular weight is 428 g/mol. The molecule has 6 heteroatoms. The molecule has 162 valence electrons. The molecule has 0 saturated carbocycles. The van der Waals surface area contributed by atoms with Crippen LogP contribution in [0.4, 0.5) is 5.82 Å². The molecule has 1 aromatic heterocycles. The van der Waals surface area contributed by atoms with Crippen LogP contribution in [0, 0.1) is 6.92 Å². The Hall–Kier alpha value is -3.93. The van der Waals surface area contributed by atoms with Gasteiger partial charge in [0, 0.05) is 11.8 Å². The summed E-state index contributed by atoms with van der Waals surface area (Å²) in [5.41, 5.74) is 2.23. The highest BCUT2D eigenvalue weighted by atomic mass is 16.5. The van der Waals surface area contributed by atoms with Gasteiger partial charge in [-0.05, 0) is 55.3 Å². The second kappa shape index (κ2) is 9.06. The fraction of sp³-hybridized carbons (Fsp3) is 0.192. The summed E-state index contributed by atoms with van der Waals surface area (Å²) in [6, 6.07) is 18.7. The van der Waals surface area contributed by atoms with Crippen molar-refractivity contribution in [1.29, 1.82) is 0 Å². The number of hydrogen-bond acceptors (Lipinski definition) is 5. The van der Waals surface area contributed by atoms with Crippen LogP contribution >= 0.6 is 0 Å². The van der Waals surface area contributed by atoms with Gasteiger partial charge in [0.05, 0.1) is 18.2 Å². The van der Waals surface area contributed by atoms with Crippen molar-refractivity contribution in [2.45, 2.75) is 26.3 Å². The van der Waals surface area contributed by atoms with Crippen molar-refractivity contribution in [2.24, 2.45) is 0 Å². The maximum absolute atomic E-state index is 13.1. The van der Waals surface area contributed by atoms with E-state index in [4.69, 9.17) is 4.74 Å². The molecule has 1 fully saturated rings. The number of Topliss-reactive ketones (excluding diaryl/α,β-unsaturated/α-hetero) is 1. The normalized spacial score (nSPS) is 17.6. The molecule has 3 aromatic rings. The zero-order valence-electron chi connectivity index (χ0n) is 18.0. The molecule has 4 rings (SSSR count). The molecule has 0 bridgehead atoms. The number of hydrogen-bond donors (Lipinski definition) is 1. The Morgan fingerprint density at radius 2 is 1.75 bits per heavy atom. The number of aliphatic hydroxyl groups is 1. The second-order valence-corrected chi connectivity index (χ2v) is 7.64. The molecule has 1 amide bonds. The number of rotatable bonds is 6. The van der Waals surface area contributed by atoms with E-state index in [-0.39, 0.29) is 11.3 Å². The van der Waals surface area contributed by atoms with Crippen LogP contribution in [0.2, 0.25) is 0 Å². The quantitative estimate of drug-likeness (QED) is 0.346. The third-order valence-corrected chi connectivity index (χ3v) is 5.33. The van der Waals surface area contributed by atoms with Gasteiger partial charge >= 0.3 is 5.91 Å². The number of ketones is 1. The van der Waals surface area contributed by atoms with Gasteiger partial charge in [0.15, 0.2) is 0 Å². The summed E-state index contributed by atoms with van der Waals surface area (Å²) >= 11 is 0. The molecule has 0 aliphatic carbocycles. The van der Waals surface area contributed by atoms with Crippen molar-refractivity contribution < 1.29 is 19.4 Å². The van der Waals surface area contributed by atoms with Gasteiger partial charge in [-0.25, -0.2) is 4.98 Å². The van der Waals surface area contributed by atoms with E-state index >= 15 is 0 Å². The number of anilines is 1. The van der Waals surface area contributed by atoms with Gasteiger partial charge in [-0.15, -0.1) is 0 Å². The van der Waals surface area contributed by atoms with Crippen molar-refractivity contribution in [2.75, 3.05) is 11.5 Å². The van der Waals surface area contributed by atoms with E-state index < -0.39 is 17.7 Å². The van der Waals surface area contributed by atoms with E-state index in [0.717, 1.165) is 12.0 Å². The summed E-state index contributed by atoms with van der Waals surface area (Å²) in [5.74, 6) is -0.673. The van der Waals surface area contributed by atoms with Gasteiger partial charge in [0.25, 0.3) is 5.78 Å². The summed E-state index contributed by atoms with van der Waals surface area (Å²) in [6.45, 7) is 4.57. The first-order valence-electron chi connectivity index (χ1n) is 10.5. The maximum atomic E-state index is 13.1. The fourth-order valence-corrected chi connectivity index (χ4v) is 3.71. The molecule has 2 heterocycles. The van der Waals surface area contributed by atoms with E-state index in [1.807, 2.05) is 38.1 Å². The molecule has 0 spiro atoms. The Morgan fingerprint density at radius 3 is 2.38 bits per heavy atom. The summed E-state index contributed by atoms with van der Waals surface area (Å²) in [4.78, 5) is 31.8. The molecule has 0 radical (unpaired) electrons. The number of aromatic nitrogens is 1. The van der Waals surface area contributed by atoms with Crippen LogP contribution in [0.25, 0.3) is 5.76 Å². The molecule has 32 heavy (non-hydrogen) atoms. The summed E-state index contributed by atoms with van der Waals surface area (Å²) in [6.07, 6.45) is 2.45. The number of amides is 1. The molecule has 6 nitrogen and oxygen atoms in total. The standard InChI is InChI=1S/C26H24N2O4/c1-3-16-32-20-13-11-19(12-14-20)24(29)22-23(18-9-7-17(2)8-10-18)28(26(31)25(22)30)21-6-4-5-15-27-21/h4-15,23,29H,3,16H2,1-2H3/b24-22+. The number of pyridine rings is 1. The number of benzene rings is 2. The molecule has 1 atom stereocenters. The summed E-state index contributed by atoms with van der Waals surface area (Å²) in [7, 11) is 0. The lowest BCUT2D eigenvalue weighted by molar-refractivity contribution is -0.132. The first-order valence-corrected chi connectivity index (χ1v) is 10.5. The third kappa shape index (κ3) is 3.99. The highest BCUT2D eigenvalue weighted by Gasteiger charge is 2.47. The highest BCUT2D eigenvalue weighted by Crippen LogP contribution is 2.41. The van der Waals surface area contributed by atoms with Gasteiger partial charge < -0.3 is 9.84 Å². The smallest absolute Gasteiger partial charge is 0.301 e. The molecule has 1 N–H and O–H groups in total. The topological polar surface area (TPSA) is 79.7 Å². The maximum Gasteiger partial charge on any atom is 0.301 e. The Labute approximate surface area is 186 Å². The Morgan fingerprint density at radius 1 is 1.03 bits per heavy atom. The lowest BCUT2D eigenvalue weighted by Crippen LogP contribution is -2.30. The number of carbonyl (C=O) groups is 2. The van der Waals surface area contributed by atoms with E-state index in [9.17, 15) is 14.7 Å². The summed E-state index contributed by atoms with van der Waals surface area (Å²) < 4.78 is 5.59. The van der Waals surface area contributed by atoms with Crippen LogP contribution in [-0.4, -0.2) is 28.4 Å². The molecule has 1 unspecified atom stereocenters. The van der Waals surface area contributed by atoms with Gasteiger partial charge in [-0.2, -0.15) is 0 Å². The van der Waals surface area contributed by atoms with Crippen molar-refractivity contribution in [3.63, 3.8) is 0 Å². The van der Waals surface area contributed by atoms with Crippen LogP contribution in [0.3, 0.4) is 0 Å². The number of carbonyl (C=O) groups excluding carboxylic acids is 2. The molecule has 1 saturated heterocycles. The van der Waals surface area contributed by atoms with Crippen LogP contribution in [-0.2, 0) is 9.59 Å². The molecular weight excluding hydrogens is 404 g/mol. The van der Waals surface area contributed by atoms with Crippen LogP contribution in [0.1, 0.15) is 36.1 Å². The monoisotopic (exact) mass is 428 g/mol. The lowest BCUT2D eigenvalue weighted by atomic mass is 9.94. The first kappa shape index (κ1) is 21.3. The average Bonchev–Trinajstić information content (AvgIpc) is 3.09. The fourth-order valence-electron chi connectivity index (χ4n) is 3.71. The van der Waals surface area contributed by atoms with Crippen LogP contribution in [0.5, 0.6) is 5.75 Å². The molecular formula is C26H24N2O4. The molecule has 1 aliphatic rings. The van der Waals surface area contributed by atoms with Gasteiger partial charge in [0.2, 0.25) is 0 Å². The minimum atomic E-state index is -0.790. The second-order valence-electron chi connectivity index (χ2n) is 7.64. The molecule has 1 aliphatic heterocycles. The predicted molar refractivity (Wildman–Crippen MR) is 122 cm³/mol. The zero-order valence-corrected chi connectivity index (χ0v) is 18.0. The van der Waals surface area contributed by atoms with Crippen molar-refractivity contribution >= 4 is 23.3 Å². The highest BCUT2D eigenvalue weighted by molar-refractivity contribution is 6.51. The summed E-state index contributed by atoms with van der Waals surface area (Å²) in [5, 5.41) is 11.1. The number of aryl methyl sites for hydroxylation is 1. The lowest BCUT2D eigenvalue weighted by Gasteiger charge is -2.24. The molecule has 2 aromatic carbocycles. The van der Waals surface area contributed by atoms with Crippen molar-refractivity contribution in [3.8, 4) is 5.75 Å². The van der Waals surface area contributed by atoms with E-state index in [1.54, 1.807) is 48.7 Å². The Balaban J connectivity index is 1.83. The van der Waals surface area contributed by atoms with Crippen LogP contribution in [0.15, 0.2) is 78.5 Å². The predicted octanol–water partition coefficient (Wildman–Crippen LogP) is 4.81. The van der Waals surface area contributed by atoms with Gasteiger partial charge in [-0.1, -0.05) is 42.8 Å². The first-order chi connectivity index (χ1) is 15.5. The van der Waals surface area contributed by atoms with E-state index in [2.05, 4.69) is 4.98 Å². The van der Waals surface area contributed by atoms with Crippen molar-refractivity contribution in [3.05, 3.63) is 95.2 Å². The number of nitrogens with zero attached hydrogens (tertiary/aromatic N) is 2. The van der Waals surface area contributed by atoms with Crippen LogP contribution < -0.4 is 9.64 Å². The third-order valence-electron chi connectivity index (χ3n) is 5.33. The number of aliphatic hydroxyl groups excluding tert-OH is 1. The minimum absolute atomic E-state index is 0.0340.